The summed E-state index contributed by atoms with van der Waals surface area (Å²) in [7, 11) is 3.05. The van der Waals surface area contributed by atoms with Gasteiger partial charge in [-0.05, 0) is 12.1 Å². The van der Waals surface area contributed by atoms with Crippen molar-refractivity contribution in [2.45, 2.75) is 0 Å². The van der Waals surface area contributed by atoms with Crippen LogP contribution in [0.25, 0.3) is 0 Å². The van der Waals surface area contributed by atoms with Crippen molar-refractivity contribution in [3.63, 3.8) is 0 Å². The van der Waals surface area contributed by atoms with Crippen molar-refractivity contribution in [1.29, 1.82) is 0 Å². The van der Waals surface area contributed by atoms with Crippen molar-refractivity contribution >= 4 is 5.69 Å². The monoisotopic (exact) mass is 169 g/mol. The van der Waals surface area contributed by atoms with E-state index in [9.17, 15) is 0 Å². The molecule has 0 radical (unpaired) electrons. The summed E-state index contributed by atoms with van der Waals surface area (Å²) >= 11 is 0. The zero-order valence-electron chi connectivity index (χ0n) is 7.00. The van der Waals surface area contributed by atoms with Crippen LogP contribution >= 0.6 is 0 Å². The second-order valence-electron chi connectivity index (χ2n) is 2.15. The normalized spacial score (nSPS) is 9.25. The lowest BCUT2D eigenvalue weighted by molar-refractivity contribution is 0.358. The van der Waals surface area contributed by atoms with E-state index in [0.29, 0.717) is 17.2 Å². The maximum Gasteiger partial charge on any atom is 0.148 e. The molecule has 0 aliphatic carbocycles. The van der Waals surface area contributed by atoms with Gasteiger partial charge in [-0.3, -0.25) is 10.7 Å². The molecule has 12 heavy (non-hydrogen) atoms. The first-order valence-electron chi connectivity index (χ1n) is 3.44. The number of anilines is 1. The highest BCUT2D eigenvalue weighted by molar-refractivity contribution is 5.64. The van der Waals surface area contributed by atoms with Gasteiger partial charge in [0.25, 0.3) is 0 Å². The van der Waals surface area contributed by atoms with Crippen LogP contribution in [0.5, 0.6) is 11.5 Å². The second-order valence-corrected chi connectivity index (χ2v) is 2.15. The minimum atomic E-state index is 0.433. The number of methoxy groups -OCH3 is 2. The summed E-state index contributed by atoms with van der Waals surface area (Å²) in [6.07, 6.45) is 0. The Hall–Kier alpha value is -1.42. The number of benzene rings is 1. The Kier molecular flexibility index (Phi) is 2.76. The topological polar surface area (TPSA) is 50.7 Å². The van der Waals surface area contributed by atoms with Crippen LogP contribution in [-0.2, 0) is 0 Å². The molecule has 0 amide bonds. The van der Waals surface area contributed by atoms with E-state index in [0.717, 1.165) is 0 Å². The summed E-state index contributed by atoms with van der Waals surface area (Å²) < 4.78 is 9.95. The fourth-order valence-electron chi connectivity index (χ4n) is 0.961. The smallest absolute Gasteiger partial charge is 0.148 e. The molecule has 66 valence electrons. The van der Waals surface area contributed by atoms with Crippen molar-refractivity contribution < 1.29 is 14.7 Å². The lowest BCUT2D eigenvalue weighted by Gasteiger charge is -2.10. The standard InChI is InChI=1S/C8H11NO3/c1-11-6-4-3-5-7(12-2)8(6)9-10/h3-5,9-10H,1-2H3. The van der Waals surface area contributed by atoms with Gasteiger partial charge in [-0.15, -0.1) is 0 Å². The van der Waals surface area contributed by atoms with Crippen molar-refractivity contribution in [1.82, 2.24) is 0 Å². The van der Waals surface area contributed by atoms with Gasteiger partial charge in [0.2, 0.25) is 0 Å². The zero-order chi connectivity index (χ0) is 8.97. The molecule has 0 spiro atoms. The first kappa shape index (κ1) is 8.67. The SMILES string of the molecule is COc1cccc(OC)c1NO. The van der Waals surface area contributed by atoms with Crippen molar-refractivity contribution in [2.75, 3.05) is 19.7 Å². The zero-order valence-corrected chi connectivity index (χ0v) is 7.00. The van der Waals surface area contributed by atoms with E-state index in [1.165, 1.54) is 14.2 Å². The van der Waals surface area contributed by atoms with Crippen LogP contribution in [0.2, 0.25) is 0 Å². The highest BCUT2D eigenvalue weighted by Crippen LogP contribution is 2.33. The molecule has 0 fully saturated rings. The quantitative estimate of drug-likeness (QED) is 0.673. The molecule has 0 heterocycles. The molecule has 0 aliphatic heterocycles. The molecule has 4 heteroatoms. The molecule has 1 aromatic rings. The molecule has 0 unspecified atom stereocenters. The first-order chi connectivity index (χ1) is 5.83. The van der Waals surface area contributed by atoms with E-state index in [2.05, 4.69) is 0 Å². The molecule has 0 saturated carbocycles. The summed E-state index contributed by atoms with van der Waals surface area (Å²) in [4.78, 5) is 0. The Labute approximate surface area is 70.7 Å². The Morgan fingerprint density at radius 3 is 2.00 bits per heavy atom. The Morgan fingerprint density at radius 2 is 1.67 bits per heavy atom. The van der Waals surface area contributed by atoms with Crippen molar-refractivity contribution in [3.05, 3.63) is 18.2 Å². The molecule has 4 nitrogen and oxygen atoms in total. The lowest BCUT2D eigenvalue weighted by Crippen LogP contribution is -1.97. The van der Waals surface area contributed by atoms with Crippen molar-refractivity contribution in [2.24, 2.45) is 0 Å². The van der Waals surface area contributed by atoms with E-state index in [-0.39, 0.29) is 0 Å². The summed E-state index contributed by atoms with van der Waals surface area (Å²) in [6, 6.07) is 5.22. The Bertz CT molecular complexity index is 240. The summed E-state index contributed by atoms with van der Waals surface area (Å²) in [5.41, 5.74) is 2.45. The minimum absolute atomic E-state index is 0.433. The first-order valence-corrected chi connectivity index (χ1v) is 3.44. The molecule has 1 aromatic carbocycles. The van der Waals surface area contributed by atoms with E-state index in [1.807, 2.05) is 5.48 Å². The molecular formula is C8H11NO3. The summed E-state index contributed by atoms with van der Waals surface area (Å²) in [6.45, 7) is 0. The number of hydrogen-bond donors (Lipinski definition) is 2. The van der Waals surface area contributed by atoms with Gasteiger partial charge in [-0.25, -0.2) is 0 Å². The number of hydrogen-bond acceptors (Lipinski definition) is 4. The molecule has 0 bridgehead atoms. The number of para-hydroxylation sites is 1. The van der Waals surface area contributed by atoms with Gasteiger partial charge in [0, 0.05) is 0 Å². The Morgan fingerprint density at radius 1 is 1.17 bits per heavy atom. The van der Waals surface area contributed by atoms with E-state index in [4.69, 9.17) is 14.7 Å². The third kappa shape index (κ3) is 1.43. The van der Waals surface area contributed by atoms with Gasteiger partial charge < -0.3 is 9.47 Å². The van der Waals surface area contributed by atoms with Crippen LogP contribution in [0, 0.1) is 0 Å². The van der Waals surface area contributed by atoms with Crippen LogP contribution in [0.1, 0.15) is 0 Å². The maximum absolute atomic E-state index is 8.75. The van der Waals surface area contributed by atoms with Gasteiger partial charge in [0.05, 0.1) is 14.2 Å². The predicted molar refractivity (Wildman–Crippen MR) is 45.0 cm³/mol. The van der Waals surface area contributed by atoms with Crippen LogP contribution < -0.4 is 15.0 Å². The molecule has 1 rings (SSSR count). The Balaban J connectivity index is 3.13. The highest BCUT2D eigenvalue weighted by atomic mass is 16.5. The number of rotatable bonds is 3. The molecular weight excluding hydrogens is 158 g/mol. The van der Waals surface area contributed by atoms with Crippen LogP contribution in [0.15, 0.2) is 18.2 Å². The number of nitrogens with one attached hydrogen (secondary N) is 1. The van der Waals surface area contributed by atoms with Gasteiger partial charge in [0.1, 0.15) is 17.2 Å². The highest BCUT2D eigenvalue weighted by Gasteiger charge is 2.06. The maximum atomic E-state index is 8.75. The van der Waals surface area contributed by atoms with E-state index < -0.39 is 0 Å². The molecule has 2 N–H and O–H groups in total. The predicted octanol–water partition coefficient (Wildman–Crippen LogP) is 1.50. The average Bonchev–Trinajstić information content (AvgIpc) is 2.16. The fraction of sp³-hybridized carbons (Fsp3) is 0.250. The second kappa shape index (κ2) is 3.82. The van der Waals surface area contributed by atoms with E-state index in [1.54, 1.807) is 18.2 Å². The molecule has 0 aliphatic rings. The van der Waals surface area contributed by atoms with Gasteiger partial charge in [-0.1, -0.05) is 6.07 Å². The van der Waals surface area contributed by atoms with Gasteiger partial charge >= 0.3 is 0 Å². The van der Waals surface area contributed by atoms with Gasteiger partial charge in [-0.2, -0.15) is 0 Å². The van der Waals surface area contributed by atoms with Gasteiger partial charge in [0.15, 0.2) is 0 Å². The van der Waals surface area contributed by atoms with E-state index >= 15 is 0 Å². The minimum Gasteiger partial charge on any atom is -0.494 e. The fourth-order valence-corrected chi connectivity index (χ4v) is 0.961. The molecule has 0 aromatic heterocycles. The third-order valence-electron chi connectivity index (χ3n) is 1.54. The molecule has 0 saturated heterocycles. The lowest BCUT2D eigenvalue weighted by atomic mass is 10.3. The van der Waals surface area contributed by atoms with Crippen LogP contribution in [0.3, 0.4) is 0 Å². The summed E-state index contributed by atoms with van der Waals surface area (Å²) in [5, 5.41) is 8.75. The van der Waals surface area contributed by atoms with Crippen LogP contribution in [-0.4, -0.2) is 19.4 Å². The average molecular weight is 169 g/mol. The largest absolute Gasteiger partial charge is 0.494 e. The summed E-state index contributed by atoms with van der Waals surface area (Å²) in [5.74, 6) is 1.08. The third-order valence-corrected chi connectivity index (χ3v) is 1.54. The van der Waals surface area contributed by atoms with Crippen molar-refractivity contribution in [3.8, 4) is 11.5 Å². The molecule has 0 atom stereocenters. The van der Waals surface area contributed by atoms with Crippen LogP contribution in [0.4, 0.5) is 5.69 Å². The number of ether oxygens (including phenoxy) is 2.